The maximum atomic E-state index is 9.78. The Morgan fingerprint density at radius 2 is 1.76 bits per heavy atom. The van der Waals surface area contributed by atoms with Crippen LogP contribution in [-0.4, -0.2) is 17.3 Å². The topological polar surface area (TPSA) is 32.3 Å². The smallest absolute Gasteiger partial charge is 0.0693 e. The molecule has 1 aliphatic rings. The van der Waals surface area contributed by atoms with Crippen molar-refractivity contribution in [2.24, 2.45) is 0 Å². The van der Waals surface area contributed by atoms with Gasteiger partial charge in [0.05, 0.1) is 6.10 Å². The third kappa shape index (κ3) is 4.88. The first-order valence-corrected chi connectivity index (χ1v) is 6.81. The minimum atomic E-state index is -0.150. The molecule has 0 saturated heterocycles. The molecule has 1 aliphatic carbocycles. The van der Waals surface area contributed by atoms with Crippen LogP contribution >= 0.6 is 0 Å². The van der Waals surface area contributed by atoms with E-state index < -0.39 is 0 Å². The molecule has 17 heavy (non-hydrogen) atoms. The summed E-state index contributed by atoms with van der Waals surface area (Å²) in [6.07, 6.45) is 4.32. The zero-order valence-corrected chi connectivity index (χ0v) is 11.0. The van der Waals surface area contributed by atoms with Crippen LogP contribution in [-0.2, 0) is 6.54 Å². The lowest BCUT2D eigenvalue weighted by atomic mass is 9.92. The van der Waals surface area contributed by atoms with Gasteiger partial charge in [-0.15, -0.1) is 0 Å². The summed E-state index contributed by atoms with van der Waals surface area (Å²) in [5, 5.41) is 13.2. The Bertz CT molecular complexity index is 286. The molecule has 96 valence electrons. The number of nitrogens with one attached hydrogen (secondary N) is 1. The number of hydrogen-bond donors (Lipinski definition) is 2. The van der Waals surface area contributed by atoms with Crippen molar-refractivity contribution in [3.8, 4) is 0 Å². The van der Waals surface area contributed by atoms with Crippen molar-refractivity contribution in [3.05, 3.63) is 35.9 Å². The van der Waals surface area contributed by atoms with E-state index >= 15 is 0 Å². The molecule has 0 radical (unpaired) electrons. The zero-order chi connectivity index (χ0) is 12.5. The van der Waals surface area contributed by atoms with Gasteiger partial charge in [-0.25, -0.2) is 0 Å². The summed E-state index contributed by atoms with van der Waals surface area (Å²) < 4.78 is 0. The highest BCUT2D eigenvalue weighted by atomic mass is 16.3. The molecule has 2 unspecified atom stereocenters. The fraction of sp³-hybridized carbons (Fsp3) is 0.600. The minimum Gasteiger partial charge on any atom is -0.392 e. The van der Waals surface area contributed by atoms with Crippen LogP contribution < -0.4 is 5.32 Å². The van der Waals surface area contributed by atoms with E-state index in [0.717, 1.165) is 19.4 Å². The third-order valence-electron chi connectivity index (χ3n) is 3.14. The summed E-state index contributed by atoms with van der Waals surface area (Å²) in [6.45, 7) is 4.86. The zero-order valence-electron chi connectivity index (χ0n) is 11.0. The Morgan fingerprint density at radius 3 is 2.41 bits per heavy atom. The Kier molecular flexibility index (Phi) is 6.90. The molecule has 2 N–H and O–H groups in total. The van der Waals surface area contributed by atoms with Gasteiger partial charge in [-0.1, -0.05) is 57.0 Å². The average Bonchev–Trinajstić information content (AvgIpc) is 2.41. The fourth-order valence-electron chi connectivity index (χ4n) is 2.19. The van der Waals surface area contributed by atoms with Gasteiger partial charge >= 0.3 is 0 Å². The van der Waals surface area contributed by atoms with Gasteiger partial charge in [0.1, 0.15) is 0 Å². The molecule has 1 saturated carbocycles. The van der Waals surface area contributed by atoms with Gasteiger partial charge in [0.2, 0.25) is 0 Å². The van der Waals surface area contributed by atoms with Gasteiger partial charge in [0, 0.05) is 12.6 Å². The molecule has 2 heteroatoms. The van der Waals surface area contributed by atoms with Gasteiger partial charge < -0.3 is 10.4 Å². The molecule has 2 atom stereocenters. The number of rotatable bonds is 3. The summed E-state index contributed by atoms with van der Waals surface area (Å²) in [5.74, 6) is 0. The lowest BCUT2D eigenvalue weighted by molar-refractivity contribution is 0.0902. The average molecular weight is 235 g/mol. The van der Waals surface area contributed by atoms with Gasteiger partial charge in [0.15, 0.2) is 0 Å². The molecule has 1 aromatic carbocycles. The van der Waals surface area contributed by atoms with Crippen LogP contribution in [0.3, 0.4) is 0 Å². The lowest BCUT2D eigenvalue weighted by Gasteiger charge is -2.28. The Morgan fingerprint density at radius 1 is 1.12 bits per heavy atom. The molecule has 0 aliphatic heterocycles. The van der Waals surface area contributed by atoms with Crippen LogP contribution in [0.2, 0.25) is 0 Å². The molecule has 0 aromatic heterocycles. The Balaban J connectivity index is 0.000000686. The summed E-state index contributed by atoms with van der Waals surface area (Å²) >= 11 is 0. The number of benzene rings is 1. The lowest BCUT2D eigenvalue weighted by Crippen LogP contribution is -2.41. The number of hydrogen-bond acceptors (Lipinski definition) is 2. The fourth-order valence-corrected chi connectivity index (χ4v) is 2.19. The Hall–Kier alpha value is -0.860. The first kappa shape index (κ1) is 14.2. The van der Waals surface area contributed by atoms with Crippen LogP contribution in [0, 0.1) is 0 Å². The maximum absolute atomic E-state index is 9.78. The van der Waals surface area contributed by atoms with Crippen molar-refractivity contribution in [2.45, 2.75) is 58.2 Å². The monoisotopic (exact) mass is 235 g/mol. The van der Waals surface area contributed by atoms with Crippen molar-refractivity contribution in [1.29, 1.82) is 0 Å². The minimum absolute atomic E-state index is 0.150. The molecule has 0 spiro atoms. The van der Waals surface area contributed by atoms with Crippen LogP contribution in [0.4, 0.5) is 0 Å². The third-order valence-corrected chi connectivity index (χ3v) is 3.14. The molecule has 0 bridgehead atoms. The van der Waals surface area contributed by atoms with Crippen LogP contribution in [0.5, 0.6) is 0 Å². The molecule has 1 aromatic rings. The van der Waals surface area contributed by atoms with Crippen molar-refractivity contribution in [3.63, 3.8) is 0 Å². The van der Waals surface area contributed by atoms with Gasteiger partial charge in [-0.2, -0.15) is 0 Å². The predicted octanol–water partition coefficient (Wildman–Crippen LogP) is 3.11. The first-order valence-electron chi connectivity index (χ1n) is 6.81. The predicted molar refractivity (Wildman–Crippen MR) is 72.9 cm³/mol. The van der Waals surface area contributed by atoms with E-state index in [-0.39, 0.29) is 6.10 Å². The van der Waals surface area contributed by atoms with Gasteiger partial charge in [-0.05, 0) is 18.4 Å². The quantitative estimate of drug-likeness (QED) is 0.843. The standard InChI is InChI=1S/C13H19NO.C2H6/c15-13-9-5-4-8-12(13)14-10-11-6-2-1-3-7-11;1-2/h1-3,6-7,12-15H,4-5,8-10H2;1-2H3. The number of aliphatic hydroxyl groups is 1. The molecule has 0 amide bonds. The van der Waals surface area contributed by atoms with E-state index in [2.05, 4.69) is 17.4 Å². The highest BCUT2D eigenvalue weighted by Gasteiger charge is 2.21. The second-order valence-electron chi connectivity index (χ2n) is 4.32. The summed E-state index contributed by atoms with van der Waals surface area (Å²) in [5.41, 5.74) is 1.29. The van der Waals surface area contributed by atoms with E-state index in [9.17, 15) is 5.11 Å². The van der Waals surface area contributed by atoms with Gasteiger partial charge in [0.25, 0.3) is 0 Å². The van der Waals surface area contributed by atoms with E-state index in [1.54, 1.807) is 0 Å². The second-order valence-corrected chi connectivity index (χ2v) is 4.32. The van der Waals surface area contributed by atoms with Crippen LogP contribution in [0.15, 0.2) is 30.3 Å². The molecular weight excluding hydrogens is 210 g/mol. The van der Waals surface area contributed by atoms with Crippen molar-refractivity contribution < 1.29 is 5.11 Å². The first-order chi connectivity index (χ1) is 8.36. The molecule has 0 heterocycles. The second kappa shape index (κ2) is 8.26. The number of aliphatic hydroxyl groups excluding tert-OH is 1. The van der Waals surface area contributed by atoms with Gasteiger partial charge in [-0.3, -0.25) is 0 Å². The Labute approximate surface area is 105 Å². The largest absolute Gasteiger partial charge is 0.392 e. The summed E-state index contributed by atoms with van der Waals surface area (Å²) in [6, 6.07) is 10.6. The normalized spacial score (nSPS) is 23.7. The highest BCUT2D eigenvalue weighted by Crippen LogP contribution is 2.18. The van der Waals surface area contributed by atoms with Crippen molar-refractivity contribution in [2.75, 3.05) is 0 Å². The summed E-state index contributed by atoms with van der Waals surface area (Å²) in [7, 11) is 0. The van der Waals surface area contributed by atoms with Crippen LogP contribution in [0.25, 0.3) is 0 Å². The summed E-state index contributed by atoms with van der Waals surface area (Å²) in [4.78, 5) is 0. The van der Waals surface area contributed by atoms with Crippen molar-refractivity contribution in [1.82, 2.24) is 5.32 Å². The SMILES string of the molecule is CC.OC1CCCCC1NCc1ccccc1. The van der Waals surface area contributed by atoms with Crippen LogP contribution in [0.1, 0.15) is 45.1 Å². The highest BCUT2D eigenvalue weighted by molar-refractivity contribution is 5.14. The van der Waals surface area contributed by atoms with E-state index in [1.807, 2.05) is 32.0 Å². The van der Waals surface area contributed by atoms with Crippen molar-refractivity contribution >= 4 is 0 Å². The molecular formula is C15H25NO. The maximum Gasteiger partial charge on any atom is 0.0693 e. The molecule has 2 rings (SSSR count). The molecule has 1 fully saturated rings. The molecule has 2 nitrogen and oxygen atoms in total. The van der Waals surface area contributed by atoms with E-state index in [0.29, 0.717) is 6.04 Å². The van der Waals surface area contributed by atoms with E-state index in [1.165, 1.54) is 18.4 Å². The van der Waals surface area contributed by atoms with E-state index in [4.69, 9.17) is 0 Å².